The monoisotopic (exact) mass is 677 g/mol. The average Bonchev–Trinajstić information content (AvgIpc) is 2.99. The van der Waals surface area contributed by atoms with Gasteiger partial charge in [-0.15, -0.1) is 0 Å². The number of amides is 2. The Hall–Kier alpha value is -2.78. The number of rotatable bonds is 11. The van der Waals surface area contributed by atoms with Crippen molar-refractivity contribution in [1.82, 2.24) is 10.2 Å². The van der Waals surface area contributed by atoms with Crippen molar-refractivity contribution in [3.63, 3.8) is 0 Å². The summed E-state index contributed by atoms with van der Waals surface area (Å²) in [6.45, 7) is 4.93. The van der Waals surface area contributed by atoms with E-state index >= 15 is 0 Å². The molecule has 2 amide bonds. The van der Waals surface area contributed by atoms with Crippen LogP contribution >= 0.6 is 34.8 Å². The number of hydrogen-bond donors (Lipinski definition) is 1. The molecule has 44 heavy (non-hydrogen) atoms. The molecule has 0 radical (unpaired) electrons. The molecule has 0 aromatic heterocycles. The lowest BCUT2D eigenvalue weighted by Gasteiger charge is -2.35. The lowest BCUT2D eigenvalue weighted by atomic mass is 9.95. The second kappa shape index (κ2) is 15.0. The molecule has 0 unspecified atom stereocenters. The first-order valence-electron chi connectivity index (χ1n) is 14.8. The fraction of sp³-hybridized carbons (Fsp3) is 0.394. The Morgan fingerprint density at radius 3 is 2.23 bits per heavy atom. The molecule has 0 bridgehead atoms. The van der Waals surface area contributed by atoms with E-state index in [1.54, 1.807) is 49.4 Å². The third kappa shape index (κ3) is 8.27. The molecule has 1 aliphatic rings. The van der Waals surface area contributed by atoms with E-state index in [0.29, 0.717) is 32.6 Å². The highest BCUT2D eigenvalue weighted by molar-refractivity contribution is 7.92. The molecule has 1 saturated carbocycles. The molecule has 3 aromatic rings. The summed E-state index contributed by atoms with van der Waals surface area (Å²) in [5.41, 5.74) is 2.45. The standard InChI is InChI=1S/C33H38Cl3N3O4S/c1-4-30(33(41)37-26-8-6-5-7-9-26)38(20-24-13-17-28(35)29(36)18-24)32(40)21-39(31-19-25(34)14-12-23(31)3)44(42,43)27-15-10-22(2)11-16-27/h10-19,26,30H,4-9,20-21H2,1-3H3,(H,37,41)/t30-/m0/s1. The Morgan fingerprint density at radius 1 is 0.909 bits per heavy atom. The van der Waals surface area contributed by atoms with Gasteiger partial charge in [0.15, 0.2) is 0 Å². The smallest absolute Gasteiger partial charge is 0.264 e. The molecule has 0 heterocycles. The van der Waals surface area contributed by atoms with Gasteiger partial charge in [-0.25, -0.2) is 8.42 Å². The molecule has 11 heteroatoms. The Balaban J connectivity index is 1.75. The molecule has 1 fully saturated rings. The van der Waals surface area contributed by atoms with E-state index in [2.05, 4.69) is 5.32 Å². The van der Waals surface area contributed by atoms with E-state index in [1.807, 2.05) is 13.8 Å². The molecule has 1 N–H and O–H groups in total. The number of carbonyl (C=O) groups excluding carboxylic acids is 2. The summed E-state index contributed by atoms with van der Waals surface area (Å²) in [5, 5.41) is 4.15. The van der Waals surface area contributed by atoms with Crippen molar-refractivity contribution >= 4 is 62.3 Å². The minimum absolute atomic E-state index is 0.0270. The minimum atomic E-state index is -4.21. The van der Waals surface area contributed by atoms with E-state index in [1.165, 1.54) is 23.1 Å². The molecule has 1 aliphatic carbocycles. The normalized spacial score (nSPS) is 14.6. The van der Waals surface area contributed by atoms with E-state index in [9.17, 15) is 18.0 Å². The van der Waals surface area contributed by atoms with Gasteiger partial charge in [0, 0.05) is 17.6 Å². The Labute approximate surface area is 275 Å². The van der Waals surface area contributed by atoms with Crippen LogP contribution < -0.4 is 9.62 Å². The van der Waals surface area contributed by atoms with E-state index in [4.69, 9.17) is 34.8 Å². The molecular formula is C33H38Cl3N3O4S. The molecule has 0 aliphatic heterocycles. The third-order valence-corrected chi connectivity index (χ3v) is 10.8. The van der Waals surface area contributed by atoms with Crippen molar-refractivity contribution in [3.05, 3.63) is 92.4 Å². The lowest BCUT2D eigenvalue weighted by molar-refractivity contribution is -0.140. The van der Waals surface area contributed by atoms with Gasteiger partial charge in [-0.1, -0.05) is 90.8 Å². The van der Waals surface area contributed by atoms with E-state index in [-0.39, 0.29) is 29.1 Å². The number of anilines is 1. The summed E-state index contributed by atoms with van der Waals surface area (Å²) in [6, 6.07) is 15.6. The maximum absolute atomic E-state index is 14.4. The summed E-state index contributed by atoms with van der Waals surface area (Å²) in [7, 11) is -4.21. The number of halogens is 3. The van der Waals surface area contributed by atoms with Crippen LogP contribution in [0.5, 0.6) is 0 Å². The first-order chi connectivity index (χ1) is 20.9. The minimum Gasteiger partial charge on any atom is -0.352 e. The van der Waals surface area contributed by atoms with Crippen molar-refractivity contribution < 1.29 is 18.0 Å². The quantitative estimate of drug-likeness (QED) is 0.225. The van der Waals surface area contributed by atoms with Crippen molar-refractivity contribution in [2.75, 3.05) is 10.8 Å². The highest BCUT2D eigenvalue weighted by Crippen LogP contribution is 2.31. The number of sulfonamides is 1. The first kappa shape index (κ1) is 34.1. The number of carbonyl (C=O) groups is 2. The predicted molar refractivity (Wildman–Crippen MR) is 178 cm³/mol. The number of aryl methyl sites for hydroxylation is 2. The van der Waals surface area contributed by atoms with Gasteiger partial charge in [0.2, 0.25) is 11.8 Å². The van der Waals surface area contributed by atoms with Gasteiger partial charge < -0.3 is 10.2 Å². The molecular weight excluding hydrogens is 641 g/mol. The second-order valence-electron chi connectivity index (χ2n) is 11.3. The van der Waals surface area contributed by atoms with Crippen molar-refractivity contribution in [1.29, 1.82) is 0 Å². The summed E-state index contributed by atoms with van der Waals surface area (Å²) in [6.07, 6.45) is 5.32. The van der Waals surface area contributed by atoms with Crippen LogP contribution in [0, 0.1) is 13.8 Å². The zero-order chi connectivity index (χ0) is 32.0. The first-order valence-corrected chi connectivity index (χ1v) is 17.4. The lowest BCUT2D eigenvalue weighted by Crippen LogP contribution is -2.54. The molecule has 3 aromatic carbocycles. The Bertz CT molecular complexity index is 1590. The zero-order valence-electron chi connectivity index (χ0n) is 25.2. The molecule has 7 nitrogen and oxygen atoms in total. The molecule has 1 atom stereocenters. The van der Waals surface area contributed by atoms with Crippen LogP contribution in [0.15, 0.2) is 65.6 Å². The van der Waals surface area contributed by atoms with Crippen molar-refractivity contribution in [3.8, 4) is 0 Å². The number of nitrogens with one attached hydrogen (secondary N) is 1. The highest BCUT2D eigenvalue weighted by Gasteiger charge is 2.35. The summed E-state index contributed by atoms with van der Waals surface area (Å²) < 4.78 is 29.4. The van der Waals surface area contributed by atoms with E-state index in [0.717, 1.165) is 42.0 Å². The topological polar surface area (TPSA) is 86.8 Å². The van der Waals surface area contributed by atoms with Crippen molar-refractivity contribution in [2.24, 2.45) is 0 Å². The van der Waals surface area contributed by atoms with Crippen LogP contribution in [0.1, 0.15) is 62.1 Å². The van der Waals surface area contributed by atoms with Crippen LogP contribution in [0.4, 0.5) is 5.69 Å². The summed E-state index contributed by atoms with van der Waals surface area (Å²) in [5.74, 6) is -0.809. The van der Waals surface area contributed by atoms with Gasteiger partial charge in [0.25, 0.3) is 10.0 Å². The van der Waals surface area contributed by atoms with E-state index < -0.39 is 28.5 Å². The summed E-state index contributed by atoms with van der Waals surface area (Å²) in [4.78, 5) is 29.5. The maximum Gasteiger partial charge on any atom is 0.264 e. The largest absolute Gasteiger partial charge is 0.352 e. The van der Waals surface area contributed by atoms with Crippen LogP contribution in [0.2, 0.25) is 15.1 Å². The van der Waals surface area contributed by atoms with Gasteiger partial charge in [-0.05, 0) is 80.6 Å². The average molecular weight is 679 g/mol. The second-order valence-corrected chi connectivity index (χ2v) is 14.4. The van der Waals surface area contributed by atoms with Crippen LogP contribution in [0.3, 0.4) is 0 Å². The fourth-order valence-electron chi connectivity index (χ4n) is 5.50. The number of nitrogens with zero attached hydrogens (tertiary/aromatic N) is 2. The number of hydrogen-bond acceptors (Lipinski definition) is 4. The molecule has 0 saturated heterocycles. The zero-order valence-corrected chi connectivity index (χ0v) is 28.2. The van der Waals surface area contributed by atoms with Gasteiger partial charge in [0.05, 0.1) is 20.6 Å². The summed E-state index contributed by atoms with van der Waals surface area (Å²) >= 11 is 18.8. The maximum atomic E-state index is 14.4. The molecule has 236 valence electrons. The van der Waals surface area contributed by atoms with Gasteiger partial charge in [0.1, 0.15) is 12.6 Å². The highest BCUT2D eigenvalue weighted by atomic mass is 35.5. The SMILES string of the molecule is CC[C@@H](C(=O)NC1CCCCC1)N(Cc1ccc(Cl)c(Cl)c1)C(=O)CN(c1cc(Cl)ccc1C)S(=O)(=O)c1ccc(C)cc1. The predicted octanol–water partition coefficient (Wildman–Crippen LogP) is 7.72. The van der Waals surface area contributed by atoms with Gasteiger partial charge in [-0.3, -0.25) is 13.9 Å². The Morgan fingerprint density at radius 2 is 1.59 bits per heavy atom. The van der Waals surface area contributed by atoms with Gasteiger partial charge in [-0.2, -0.15) is 0 Å². The van der Waals surface area contributed by atoms with Crippen LogP contribution in [-0.2, 0) is 26.2 Å². The van der Waals surface area contributed by atoms with Gasteiger partial charge >= 0.3 is 0 Å². The molecule has 4 rings (SSSR count). The van der Waals surface area contributed by atoms with Crippen LogP contribution in [-0.4, -0.2) is 43.8 Å². The molecule has 0 spiro atoms. The Kier molecular flexibility index (Phi) is 11.6. The number of benzene rings is 3. The third-order valence-electron chi connectivity index (χ3n) is 8.00. The fourth-order valence-corrected chi connectivity index (χ4v) is 7.46. The van der Waals surface area contributed by atoms with Crippen molar-refractivity contribution in [2.45, 2.75) is 82.8 Å². The van der Waals surface area contributed by atoms with Crippen LogP contribution in [0.25, 0.3) is 0 Å².